The van der Waals surface area contributed by atoms with E-state index in [-0.39, 0.29) is 5.57 Å². The standard InChI is InChI=1S/C6H7F3O3/c1-4(2-6(7,8)9)3-12-5(10)11/h1-3H2,(H,10,11). The molecular formula is C6H7F3O3. The van der Waals surface area contributed by atoms with Crippen LogP contribution in [-0.4, -0.2) is 24.0 Å². The maximum atomic E-state index is 11.6. The number of alkyl halides is 3. The molecule has 0 fully saturated rings. The minimum atomic E-state index is -4.36. The normalized spacial score (nSPS) is 10.9. The first-order chi connectivity index (χ1) is 5.31. The van der Waals surface area contributed by atoms with E-state index in [1.807, 2.05) is 0 Å². The summed E-state index contributed by atoms with van der Waals surface area (Å²) in [6.45, 7) is 2.39. The van der Waals surface area contributed by atoms with Gasteiger partial charge in [-0.2, -0.15) is 13.2 Å². The Bertz CT molecular complexity index is 185. The number of carboxylic acid groups (broad SMARTS) is 1. The number of halogens is 3. The van der Waals surface area contributed by atoms with E-state index in [1.54, 1.807) is 0 Å². The molecule has 0 heterocycles. The third-order valence-electron chi connectivity index (χ3n) is 0.850. The van der Waals surface area contributed by atoms with Crippen LogP contribution in [0, 0.1) is 0 Å². The van der Waals surface area contributed by atoms with Crippen molar-refractivity contribution >= 4 is 6.16 Å². The fourth-order valence-corrected chi connectivity index (χ4v) is 0.498. The first-order valence-corrected chi connectivity index (χ1v) is 2.90. The van der Waals surface area contributed by atoms with Crippen LogP contribution in [0.15, 0.2) is 12.2 Å². The van der Waals surface area contributed by atoms with Crippen LogP contribution in [0.5, 0.6) is 0 Å². The Morgan fingerprint density at radius 1 is 1.50 bits per heavy atom. The van der Waals surface area contributed by atoms with Crippen LogP contribution in [0.2, 0.25) is 0 Å². The molecule has 0 aromatic heterocycles. The molecule has 0 amide bonds. The summed E-state index contributed by atoms with van der Waals surface area (Å²) in [6, 6.07) is 0. The number of carbonyl (C=O) groups is 1. The lowest BCUT2D eigenvalue weighted by Gasteiger charge is -2.07. The van der Waals surface area contributed by atoms with Gasteiger partial charge < -0.3 is 9.84 Å². The van der Waals surface area contributed by atoms with Crippen LogP contribution in [0.3, 0.4) is 0 Å². The SMILES string of the molecule is C=C(COC(=O)O)CC(F)(F)F. The first-order valence-electron chi connectivity index (χ1n) is 2.90. The summed E-state index contributed by atoms with van der Waals surface area (Å²) in [5, 5.41) is 7.92. The Hall–Kier alpha value is -1.20. The largest absolute Gasteiger partial charge is 0.506 e. The third-order valence-corrected chi connectivity index (χ3v) is 0.850. The van der Waals surface area contributed by atoms with Gasteiger partial charge in [0.2, 0.25) is 0 Å². The first kappa shape index (κ1) is 10.8. The van der Waals surface area contributed by atoms with Gasteiger partial charge in [0.15, 0.2) is 0 Å². The second kappa shape index (κ2) is 3.99. The van der Waals surface area contributed by atoms with E-state index < -0.39 is 25.4 Å². The molecule has 0 saturated carbocycles. The average molecular weight is 184 g/mol. The van der Waals surface area contributed by atoms with Gasteiger partial charge in [-0.25, -0.2) is 4.79 Å². The van der Waals surface area contributed by atoms with E-state index in [9.17, 15) is 18.0 Å². The Morgan fingerprint density at radius 2 is 2.00 bits per heavy atom. The molecule has 0 aliphatic carbocycles. The summed E-state index contributed by atoms with van der Waals surface area (Å²) in [5.41, 5.74) is -0.315. The van der Waals surface area contributed by atoms with Gasteiger partial charge in [0, 0.05) is 0 Å². The molecule has 3 nitrogen and oxygen atoms in total. The third kappa shape index (κ3) is 6.91. The second-order valence-corrected chi connectivity index (χ2v) is 2.10. The summed E-state index contributed by atoms with van der Waals surface area (Å²) < 4.78 is 38.6. The lowest BCUT2D eigenvalue weighted by Crippen LogP contribution is -2.12. The van der Waals surface area contributed by atoms with Crippen LogP contribution < -0.4 is 0 Å². The maximum Gasteiger partial charge on any atom is 0.506 e. The monoisotopic (exact) mass is 184 g/mol. The summed E-state index contributed by atoms with van der Waals surface area (Å²) in [6.07, 6.45) is -7.20. The van der Waals surface area contributed by atoms with Gasteiger partial charge in [0.25, 0.3) is 0 Å². The maximum absolute atomic E-state index is 11.6. The van der Waals surface area contributed by atoms with E-state index in [4.69, 9.17) is 5.11 Å². The van der Waals surface area contributed by atoms with E-state index >= 15 is 0 Å². The minimum Gasteiger partial charge on any atom is -0.450 e. The molecular weight excluding hydrogens is 177 g/mol. The molecule has 12 heavy (non-hydrogen) atoms. The fraction of sp³-hybridized carbons (Fsp3) is 0.500. The molecule has 0 saturated heterocycles. The molecule has 0 aromatic carbocycles. The summed E-state index contributed by atoms with van der Waals surface area (Å²) in [7, 11) is 0. The lowest BCUT2D eigenvalue weighted by molar-refractivity contribution is -0.128. The van der Waals surface area contributed by atoms with Gasteiger partial charge in [0.1, 0.15) is 6.61 Å². The smallest absolute Gasteiger partial charge is 0.450 e. The molecule has 0 aliphatic heterocycles. The molecule has 0 atom stereocenters. The molecule has 0 rings (SSSR count). The van der Waals surface area contributed by atoms with Crippen LogP contribution in [0.4, 0.5) is 18.0 Å². The summed E-state index contributed by atoms with van der Waals surface area (Å²) in [5.74, 6) is 0. The van der Waals surface area contributed by atoms with Crippen molar-refractivity contribution in [2.75, 3.05) is 6.61 Å². The van der Waals surface area contributed by atoms with Crippen molar-refractivity contribution in [2.45, 2.75) is 12.6 Å². The van der Waals surface area contributed by atoms with Crippen molar-refractivity contribution in [3.05, 3.63) is 12.2 Å². The molecule has 0 radical (unpaired) electrons. The van der Waals surface area contributed by atoms with Crippen molar-refractivity contribution < 1.29 is 27.8 Å². The molecule has 6 heteroatoms. The van der Waals surface area contributed by atoms with Gasteiger partial charge in [-0.05, 0) is 5.57 Å². The molecule has 70 valence electrons. The molecule has 0 unspecified atom stereocenters. The topological polar surface area (TPSA) is 46.5 Å². The highest BCUT2D eigenvalue weighted by Crippen LogP contribution is 2.23. The van der Waals surface area contributed by atoms with E-state index in [2.05, 4.69) is 11.3 Å². The van der Waals surface area contributed by atoms with E-state index in [0.717, 1.165) is 0 Å². The highest BCUT2D eigenvalue weighted by Gasteiger charge is 2.28. The van der Waals surface area contributed by atoms with Gasteiger partial charge in [-0.1, -0.05) is 6.58 Å². The zero-order valence-electron chi connectivity index (χ0n) is 6.02. The number of rotatable bonds is 3. The zero-order valence-corrected chi connectivity index (χ0v) is 6.02. The van der Waals surface area contributed by atoms with Crippen LogP contribution in [0.25, 0.3) is 0 Å². The van der Waals surface area contributed by atoms with Gasteiger partial charge in [-0.3, -0.25) is 0 Å². The number of hydrogen-bond donors (Lipinski definition) is 1. The van der Waals surface area contributed by atoms with Gasteiger partial charge in [-0.15, -0.1) is 0 Å². The van der Waals surface area contributed by atoms with Crippen molar-refractivity contribution in [1.82, 2.24) is 0 Å². The summed E-state index contributed by atoms with van der Waals surface area (Å²) in [4.78, 5) is 9.72. The predicted molar refractivity (Wildman–Crippen MR) is 33.8 cm³/mol. The Labute approximate surface area is 66.4 Å². The molecule has 1 N–H and O–H groups in total. The lowest BCUT2D eigenvalue weighted by atomic mass is 10.2. The Kier molecular flexibility index (Phi) is 3.59. The van der Waals surface area contributed by atoms with Crippen molar-refractivity contribution in [1.29, 1.82) is 0 Å². The number of hydrogen-bond acceptors (Lipinski definition) is 2. The van der Waals surface area contributed by atoms with E-state index in [0.29, 0.717) is 0 Å². The fourth-order valence-electron chi connectivity index (χ4n) is 0.498. The summed E-state index contributed by atoms with van der Waals surface area (Å²) >= 11 is 0. The highest BCUT2D eigenvalue weighted by molar-refractivity contribution is 5.57. The van der Waals surface area contributed by atoms with Crippen molar-refractivity contribution in [2.24, 2.45) is 0 Å². The number of ether oxygens (including phenoxy) is 1. The quantitative estimate of drug-likeness (QED) is 0.540. The second-order valence-electron chi connectivity index (χ2n) is 2.10. The molecule has 0 spiro atoms. The van der Waals surface area contributed by atoms with Crippen LogP contribution in [-0.2, 0) is 4.74 Å². The molecule has 0 aromatic rings. The Balaban J connectivity index is 3.68. The van der Waals surface area contributed by atoms with Crippen molar-refractivity contribution in [3.8, 4) is 0 Å². The molecule has 0 aliphatic rings. The van der Waals surface area contributed by atoms with Gasteiger partial charge >= 0.3 is 12.3 Å². The predicted octanol–water partition coefficient (Wildman–Crippen LogP) is 2.19. The van der Waals surface area contributed by atoms with Gasteiger partial charge in [0.05, 0.1) is 6.42 Å². The van der Waals surface area contributed by atoms with Crippen molar-refractivity contribution in [3.63, 3.8) is 0 Å². The van der Waals surface area contributed by atoms with Crippen LogP contribution in [0.1, 0.15) is 6.42 Å². The Morgan fingerprint density at radius 3 is 2.33 bits per heavy atom. The highest BCUT2D eigenvalue weighted by atomic mass is 19.4. The zero-order chi connectivity index (χ0) is 9.78. The average Bonchev–Trinajstić information content (AvgIpc) is 1.79. The van der Waals surface area contributed by atoms with Crippen LogP contribution >= 0.6 is 0 Å². The minimum absolute atomic E-state index is 0.315. The van der Waals surface area contributed by atoms with E-state index in [1.165, 1.54) is 0 Å². The molecule has 0 bridgehead atoms.